The second-order valence-electron chi connectivity index (χ2n) is 26.4. The van der Waals surface area contributed by atoms with E-state index >= 15 is 0 Å². The lowest BCUT2D eigenvalue weighted by Crippen LogP contribution is -2.18. The van der Waals surface area contributed by atoms with Crippen LogP contribution in [0.4, 0.5) is 68.2 Å². The number of anilines is 12. The first-order chi connectivity index (χ1) is 45.3. The fraction of sp³-hybridized carbons (Fsp3) is 0.0930. The van der Waals surface area contributed by atoms with Crippen LogP contribution in [-0.2, 0) is 10.8 Å². The van der Waals surface area contributed by atoms with Gasteiger partial charge in [0.15, 0.2) is 0 Å². The van der Waals surface area contributed by atoms with Gasteiger partial charge >= 0.3 is 0 Å². The second-order valence-corrected chi connectivity index (χ2v) is 26.7. The van der Waals surface area contributed by atoms with Crippen molar-refractivity contribution in [1.29, 1.82) is 0 Å². The van der Waals surface area contributed by atoms with Crippen molar-refractivity contribution in [3.8, 4) is 0 Å². The number of fused-ring (bicyclic) bond motifs is 10. The first-order valence-corrected chi connectivity index (χ1v) is 32.3. The summed E-state index contributed by atoms with van der Waals surface area (Å²) in [5, 5.41) is 11.8. The van der Waals surface area contributed by atoms with E-state index in [1.165, 1.54) is 32.7 Å². The van der Waals surface area contributed by atoms with E-state index in [1.54, 1.807) is 0 Å². The Morgan fingerprint density at radius 1 is 0.237 bits per heavy atom. The SMILES string of the molecule is CC(C)(C)c1ccc(N(c2cccc(N(c3ccc4ccc5ccccc5c4c3)c3ccc4oc5ccccc5c4c3)c2)c2cc(N(c3ccccc3)c3ccc4ccccc4c3)cc(N(c3ccc(C(C)(C)C)cc3)c3ccc4c(c3)oc3ccccc34)c2Cl)cc1. The average Bonchev–Trinajstić information content (AvgIpc) is 1.51. The quantitative estimate of drug-likeness (QED) is 0.114. The average molecular weight is 1220 g/mol. The van der Waals surface area contributed by atoms with Gasteiger partial charge in [-0.3, -0.25) is 0 Å². The fourth-order valence-corrected chi connectivity index (χ4v) is 13.8. The van der Waals surface area contributed by atoms with Gasteiger partial charge in [-0.2, -0.15) is 0 Å². The fourth-order valence-electron chi connectivity index (χ4n) is 13.5. The molecule has 16 aromatic rings. The Balaban J connectivity index is 0.975. The molecule has 0 aliphatic rings. The van der Waals surface area contributed by atoms with Crippen molar-refractivity contribution in [2.45, 2.75) is 52.4 Å². The molecular weight excluding hydrogens is 1160 g/mol. The van der Waals surface area contributed by atoms with Crippen LogP contribution >= 0.6 is 11.6 Å². The Bertz CT molecular complexity index is 5520. The zero-order valence-corrected chi connectivity index (χ0v) is 53.5. The normalized spacial score (nSPS) is 12.0. The van der Waals surface area contributed by atoms with Crippen LogP contribution in [0.2, 0.25) is 5.02 Å². The third-order valence-corrected chi connectivity index (χ3v) is 18.7. The van der Waals surface area contributed by atoms with E-state index in [1.807, 2.05) is 24.3 Å². The van der Waals surface area contributed by atoms with Gasteiger partial charge in [0.2, 0.25) is 0 Å². The van der Waals surface area contributed by atoms with Gasteiger partial charge in [0.05, 0.1) is 22.1 Å². The van der Waals surface area contributed by atoms with Crippen LogP contribution in [0, 0.1) is 0 Å². The van der Waals surface area contributed by atoms with Crippen LogP contribution in [0.1, 0.15) is 52.7 Å². The molecule has 14 aromatic carbocycles. The third kappa shape index (κ3) is 10.4. The third-order valence-electron chi connectivity index (χ3n) is 18.3. The highest BCUT2D eigenvalue weighted by molar-refractivity contribution is 6.37. The highest BCUT2D eigenvalue weighted by Gasteiger charge is 2.29. The summed E-state index contributed by atoms with van der Waals surface area (Å²) in [6.07, 6.45) is 0. The van der Waals surface area contributed by atoms with Crippen LogP contribution in [0.5, 0.6) is 0 Å². The van der Waals surface area contributed by atoms with Crippen molar-refractivity contribution in [2.24, 2.45) is 0 Å². The summed E-state index contributed by atoms with van der Waals surface area (Å²) in [5.41, 5.74) is 16.5. The van der Waals surface area contributed by atoms with Crippen LogP contribution in [0.25, 0.3) is 76.2 Å². The van der Waals surface area contributed by atoms with E-state index in [0.29, 0.717) is 5.02 Å². The van der Waals surface area contributed by atoms with Crippen molar-refractivity contribution >= 4 is 156 Å². The highest BCUT2D eigenvalue weighted by Crippen LogP contribution is 2.53. The standard InChI is InChI=1S/C86H67ClN4O2/c1-85(2,3)60-35-41-63(42-36-60)90(66-25-18-24-65(50-66)89(69-46-48-82-77(52-69)74-28-15-17-30-81(74)92-82)68-40-34-58-32-31-57-20-12-13-26-72(57)76(58)51-68)78-53-71(88(62-22-8-7-9-23-62)67-39-33-56-19-10-11-21-59(56)49-67)54-79(84(78)87)91(64-43-37-61(38-44-64)86(4,5)6)70-45-47-75-73-27-14-16-29-80(73)93-83(75)55-70/h7-55H,1-6H3. The number of rotatable bonds is 12. The van der Waals surface area contributed by atoms with Crippen molar-refractivity contribution < 1.29 is 8.83 Å². The molecule has 16 rings (SSSR count). The Hall–Kier alpha value is -11.1. The van der Waals surface area contributed by atoms with Crippen molar-refractivity contribution in [3.63, 3.8) is 0 Å². The lowest BCUT2D eigenvalue weighted by molar-refractivity contribution is 0.590. The molecular formula is C86H67ClN4O2. The van der Waals surface area contributed by atoms with Gasteiger partial charge in [-0.25, -0.2) is 0 Å². The van der Waals surface area contributed by atoms with Gasteiger partial charge in [0, 0.05) is 78.8 Å². The number of hydrogen-bond acceptors (Lipinski definition) is 6. The van der Waals surface area contributed by atoms with Gasteiger partial charge in [0.25, 0.3) is 0 Å². The maximum atomic E-state index is 8.58. The largest absolute Gasteiger partial charge is 0.456 e. The van der Waals surface area contributed by atoms with Crippen LogP contribution in [-0.4, -0.2) is 0 Å². The summed E-state index contributed by atoms with van der Waals surface area (Å²) in [7, 11) is 0. The van der Waals surface area contributed by atoms with E-state index in [4.69, 9.17) is 20.4 Å². The highest BCUT2D eigenvalue weighted by atomic mass is 35.5. The molecule has 0 saturated heterocycles. The topological polar surface area (TPSA) is 39.2 Å². The molecule has 0 amide bonds. The molecule has 0 aliphatic carbocycles. The Morgan fingerprint density at radius 3 is 1.26 bits per heavy atom. The zero-order chi connectivity index (χ0) is 63.1. The summed E-state index contributed by atoms with van der Waals surface area (Å²) in [6, 6.07) is 107. The summed E-state index contributed by atoms with van der Waals surface area (Å²) >= 11 is 8.58. The van der Waals surface area contributed by atoms with Crippen LogP contribution < -0.4 is 19.6 Å². The molecule has 0 aliphatic heterocycles. The van der Waals surface area contributed by atoms with E-state index in [2.05, 4.69) is 334 Å². The Morgan fingerprint density at radius 2 is 0.624 bits per heavy atom. The lowest BCUT2D eigenvalue weighted by Gasteiger charge is -2.35. The molecule has 450 valence electrons. The van der Waals surface area contributed by atoms with Gasteiger partial charge in [0.1, 0.15) is 22.3 Å². The monoisotopic (exact) mass is 1220 g/mol. The predicted molar refractivity (Wildman–Crippen MR) is 395 cm³/mol. The van der Waals surface area contributed by atoms with Crippen LogP contribution in [0.3, 0.4) is 0 Å². The van der Waals surface area contributed by atoms with Gasteiger partial charge in [-0.05, 0) is 188 Å². The first-order valence-electron chi connectivity index (χ1n) is 31.9. The van der Waals surface area contributed by atoms with Gasteiger partial charge < -0.3 is 28.4 Å². The number of halogens is 1. The minimum Gasteiger partial charge on any atom is -0.456 e. The van der Waals surface area contributed by atoms with Crippen LogP contribution in [0.15, 0.2) is 306 Å². The minimum atomic E-state index is -0.110. The molecule has 0 fully saturated rings. The van der Waals surface area contributed by atoms with E-state index < -0.39 is 0 Å². The zero-order valence-electron chi connectivity index (χ0n) is 52.8. The number of para-hydroxylation sites is 3. The van der Waals surface area contributed by atoms with Crippen molar-refractivity contribution in [2.75, 3.05) is 19.6 Å². The summed E-state index contributed by atoms with van der Waals surface area (Å²) in [6.45, 7) is 13.6. The Labute approximate surface area is 547 Å². The molecule has 6 nitrogen and oxygen atoms in total. The van der Waals surface area contributed by atoms with E-state index in [0.717, 1.165) is 123 Å². The van der Waals surface area contributed by atoms with Crippen molar-refractivity contribution in [1.82, 2.24) is 0 Å². The molecule has 0 bridgehead atoms. The van der Waals surface area contributed by atoms with E-state index in [-0.39, 0.29) is 10.8 Å². The Kier molecular flexibility index (Phi) is 14.0. The first kappa shape index (κ1) is 57.1. The van der Waals surface area contributed by atoms with Crippen molar-refractivity contribution in [3.05, 3.63) is 313 Å². The molecule has 2 aromatic heterocycles. The number of nitrogens with zero attached hydrogens (tertiary/aromatic N) is 4. The molecule has 0 saturated carbocycles. The molecule has 93 heavy (non-hydrogen) atoms. The molecule has 0 radical (unpaired) electrons. The maximum absolute atomic E-state index is 8.58. The summed E-state index contributed by atoms with van der Waals surface area (Å²) in [4.78, 5) is 9.38. The molecule has 0 N–H and O–H groups in total. The van der Waals surface area contributed by atoms with Gasteiger partial charge in [-0.1, -0.05) is 211 Å². The summed E-state index contributed by atoms with van der Waals surface area (Å²) < 4.78 is 13.2. The second kappa shape index (κ2) is 22.7. The van der Waals surface area contributed by atoms with E-state index in [9.17, 15) is 0 Å². The number of benzene rings is 14. The molecule has 0 spiro atoms. The molecule has 2 heterocycles. The molecule has 7 heteroatoms. The van der Waals surface area contributed by atoms with Gasteiger partial charge in [-0.15, -0.1) is 0 Å². The minimum absolute atomic E-state index is 0.0897. The molecule has 0 unspecified atom stereocenters. The predicted octanol–water partition coefficient (Wildman–Crippen LogP) is 26.1. The maximum Gasteiger partial charge on any atom is 0.137 e. The number of hydrogen-bond donors (Lipinski definition) is 0. The lowest BCUT2D eigenvalue weighted by atomic mass is 9.87. The summed E-state index contributed by atoms with van der Waals surface area (Å²) in [5.74, 6) is 0. The number of furan rings is 2. The smallest absolute Gasteiger partial charge is 0.137 e. The molecule has 0 atom stereocenters.